The second-order valence-electron chi connectivity index (χ2n) is 3.46. The monoisotopic (exact) mass is 198 g/mol. The molecule has 1 heterocycles. The first-order valence-corrected chi connectivity index (χ1v) is 4.55. The second kappa shape index (κ2) is 4.64. The summed E-state index contributed by atoms with van der Waals surface area (Å²) in [7, 11) is 0. The van der Waals surface area contributed by atoms with Crippen LogP contribution in [0, 0.1) is 5.92 Å². The fourth-order valence-electron chi connectivity index (χ4n) is 1.29. The highest BCUT2D eigenvalue weighted by atomic mass is 16.4. The lowest BCUT2D eigenvalue weighted by Crippen LogP contribution is -2.20. The number of nitrogens with zero attached hydrogens (tertiary/aromatic N) is 1. The summed E-state index contributed by atoms with van der Waals surface area (Å²) in [6.45, 7) is 2.50. The minimum Gasteiger partial charge on any atom is -0.481 e. The molecule has 0 aliphatic carbocycles. The van der Waals surface area contributed by atoms with E-state index >= 15 is 0 Å². The van der Waals surface area contributed by atoms with E-state index in [9.17, 15) is 9.59 Å². The van der Waals surface area contributed by atoms with Gasteiger partial charge in [-0.2, -0.15) is 0 Å². The van der Waals surface area contributed by atoms with E-state index in [0.717, 1.165) is 0 Å². The molecule has 2 N–H and O–H groups in total. The number of carboxylic acids is 1. The molecule has 0 saturated carbocycles. The van der Waals surface area contributed by atoms with Gasteiger partial charge in [0.05, 0.1) is 0 Å². The number of aliphatic carboxylic acids is 1. The Kier molecular flexibility index (Phi) is 3.50. The summed E-state index contributed by atoms with van der Waals surface area (Å²) < 4.78 is 1.55. The molecule has 0 aliphatic rings. The third-order valence-corrected chi connectivity index (χ3v) is 2.08. The maximum absolute atomic E-state index is 11.1. The molecule has 1 atom stereocenters. The summed E-state index contributed by atoms with van der Waals surface area (Å²) in [5, 5.41) is 8.47. The second-order valence-corrected chi connectivity index (χ2v) is 3.46. The van der Waals surface area contributed by atoms with Crippen molar-refractivity contribution in [2.75, 3.05) is 0 Å². The summed E-state index contributed by atoms with van der Waals surface area (Å²) in [5.74, 6) is -0.599. The lowest BCUT2D eigenvalue weighted by molar-refractivity contribution is -0.137. The van der Waals surface area contributed by atoms with Gasteiger partial charge in [-0.05, 0) is 12.3 Å². The fourth-order valence-corrected chi connectivity index (χ4v) is 1.29. The third kappa shape index (κ3) is 3.08. The molecule has 0 amide bonds. The van der Waals surface area contributed by atoms with E-state index in [2.05, 4.69) is 4.98 Å². The Balaban J connectivity index is 2.41. The quantitative estimate of drug-likeness (QED) is 0.730. The maximum atomic E-state index is 11.1. The van der Waals surface area contributed by atoms with Gasteiger partial charge in [0.2, 0.25) is 0 Å². The first kappa shape index (κ1) is 10.6. The summed E-state index contributed by atoms with van der Waals surface area (Å²) in [6.07, 6.45) is 3.99. The Morgan fingerprint density at radius 2 is 2.43 bits per heavy atom. The van der Waals surface area contributed by atoms with Crippen LogP contribution in [0.15, 0.2) is 17.2 Å². The normalized spacial score (nSPS) is 12.6. The van der Waals surface area contributed by atoms with Crippen LogP contribution in [-0.2, 0) is 11.3 Å². The summed E-state index contributed by atoms with van der Waals surface area (Å²) in [6, 6.07) is 0. The van der Waals surface area contributed by atoms with Gasteiger partial charge in [0, 0.05) is 25.4 Å². The van der Waals surface area contributed by atoms with Crippen molar-refractivity contribution in [2.45, 2.75) is 26.3 Å². The number of carboxylic acid groups (broad SMARTS) is 1. The Bertz CT molecular complexity index is 353. The molecule has 78 valence electrons. The van der Waals surface area contributed by atoms with Gasteiger partial charge >= 0.3 is 11.7 Å². The first-order valence-electron chi connectivity index (χ1n) is 4.55. The van der Waals surface area contributed by atoms with Crippen LogP contribution in [-0.4, -0.2) is 20.6 Å². The number of H-pyrrole nitrogens is 1. The molecule has 14 heavy (non-hydrogen) atoms. The zero-order chi connectivity index (χ0) is 10.6. The smallest absolute Gasteiger partial charge is 0.325 e. The van der Waals surface area contributed by atoms with Gasteiger partial charge in [-0.25, -0.2) is 4.79 Å². The fraction of sp³-hybridized carbons (Fsp3) is 0.556. The number of rotatable bonds is 5. The maximum Gasteiger partial charge on any atom is 0.325 e. The predicted molar refractivity (Wildman–Crippen MR) is 51.1 cm³/mol. The third-order valence-electron chi connectivity index (χ3n) is 2.08. The van der Waals surface area contributed by atoms with E-state index in [1.165, 1.54) is 0 Å². The van der Waals surface area contributed by atoms with Crippen molar-refractivity contribution in [1.29, 1.82) is 0 Å². The number of aromatic amines is 1. The molecule has 0 aliphatic heterocycles. The highest BCUT2D eigenvalue weighted by Crippen LogP contribution is 2.07. The van der Waals surface area contributed by atoms with E-state index < -0.39 is 5.97 Å². The molecule has 0 bridgehead atoms. The van der Waals surface area contributed by atoms with Crippen molar-refractivity contribution in [3.63, 3.8) is 0 Å². The van der Waals surface area contributed by atoms with Gasteiger partial charge in [0.1, 0.15) is 0 Å². The van der Waals surface area contributed by atoms with E-state index in [4.69, 9.17) is 5.11 Å². The number of carbonyl (C=O) groups is 1. The molecule has 1 rings (SSSR count). The highest BCUT2D eigenvalue weighted by molar-refractivity contribution is 5.66. The van der Waals surface area contributed by atoms with E-state index in [1.807, 2.05) is 6.92 Å². The van der Waals surface area contributed by atoms with Crippen LogP contribution in [0.3, 0.4) is 0 Å². The molecule has 5 nitrogen and oxygen atoms in total. The Morgan fingerprint density at radius 3 is 2.93 bits per heavy atom. The number of aromatic nitrogens is 2. The number of imidazole rings is 1. The van der Waals surface area contributed by atoms with Gasteiger partial charge in [-0.3, -0.25) is 9.36 Å². The van der Waals surface area contributed by atoms with Crippen molar-refractivity contribution >= 4 is 5.97 Å². The van der Waals surface area contributed by atoms with Crippen LogP contribution < -0.4 is 5.69 Å². The van der Waals surface area contributed by atoms with Crippen molar-refractivity contribution in [3.05, 3.63) is 22.9 Å². The lowest BCUT2D eigenvalue weighted by atomic mass is 10.1. The van der Waals surface area contributed by atoms with Crippen LogP contribution >= 0.6 is 0 Å². The number of nitrogens with one attached hydrogen (secondary N) is 1. The van der Waals surface area contributed by atoms with Gasteiger partial charge in [-0.15, -0.1) is 0 Å². The summed E-state index contributed by atoms with van der Waals surface area (Å²) >= 11 is 0. The van der Waals surface area contributed by atoms with Crippen molar-refractivity contribution in [3.8, 4) is 0 Å². The topological polar surface area (TPSA) is 75.1 Å². The zero-order valence-electron chi connectivity index (χ0n) is 8.06. The molecule has 0 aromatic carbocycles. The molecular weight excluding hydrogens is 184 g/mol. The average molecular weight is 198 g/mol. The Morgan fingerprint density at radius 1 is 1.71 bits per heavy atom. The van der Waals surface area contributed by atoms with Gasteiger partial charge in [0.15, 0.2) is 0 Å². The Hall–Kier alpha value is -1.52. The van der Waals surface area contributed by atoms with Gasteiger partial charge in [0.25, 0.3) is 0 Å². The molecule has 0 spiro atoms. The largest absolute Gasteiger partial charge is 0.481 e. The molecule has 1 aromatic heterocycles. The molecule has 0 radical (unpaired) electrons. The first-order chi connectivity index (χ1) is 6.59. The van der Waals surface area contributed by atoms with Crippen LogP contribution in [0.2, 0.25) is 0 Å². The Labute approximate surface area is 81.4 Å². The van der Waals surface area contributed by atoms with E-state index in [-0.39, 0.29) is 18.0 Å². The molecule has 1 aromatic rings. The molecule has 0 fully saturated rings. The lowest BCUT2D eigenvalue weighted by Gasteiger charge is -2.09. The molecule has 1 unspecified atom stereocenters. The summed E-state index contributed by atoms with van der Waals surface area (Å²) in [5.41, 5.74) is -0.146. The highest BCUT2D eigenvalue weighted by Gasteiger charge is 2.07. The molecule has 0 saturated heterocycles. The molecule has 5 heteroatoms. The van der Waals surface area contributed by atoms with Crippen molar-refractivity contribution in [2.24, 2.45) is 5.92 Å². The minimum absolute atomic E-state index is 0.146. The van der Waals surface area contributed by atoms with Crippen LogP contribution in [0.4, 0.5) is 0 Å². The predicted octanol–water partition coefficient (Wildman–Crippen LogP) is 0.677. The van der Waals surface area contributed by atoms with Gasteiger partial charge < -0.3 is 10.1 Å². The van der Waals surface area contributed by atoms with Crippen molar-refractivity contribution in [1.82, 2.24) is 9.55 Å². The molecular formula is C9H14N2O3. The summed E-state index contributed by atoms with van der Waals surface area (Å²) in [4.78, 5) is 23.9. The standard InChI is InChI=1S/C9H14N2O3/c1-7(2-3-8(12)13)6-11-5-4-10-9(11)14/h4-5,7H,2-3,6H2,1H3,(H,10,14)(H,12,13). The van der Waals surface area contributed by atoms with E-state index in [0.29, 0.717) is 13.0 Å². The SMILES string of the molecule is CC(CCC(=O)O)Cn1cc[nH]c1=O. The van der Waals surface area contributed by atoms with E-state index in [1.54, 1.807) is 17.0 Å². The van der Waals surface area contributed by atoms with Crippen LogP contribution in [0.5, 0.6) is 0 Å². The van der Waals surface area contributed by atoms with Gasteiger partial charge in [-0.1, -0.05) is 6.92 Å². The van der Waals surface area contributed by atoms with Crippen LogP contribution in [0.1, 0.15) is 19.8 Å². The zero-order valence-corrected chi connectivity index (χ0v) is 8.06. The van der Waals surface area contributed by atoms with Crippen molar-refractivity contribution < 1.29 is 9.90 Å². The number of hydrogen-bond donors (Lipinski definition) is 2. The number of hydrogen-bond acceptors (Lipinski definition) is 2. The minimum atomic E-state index is -0.793. The average Bonchev–Trinajstić information content (AvgIpc) is 2.49. The van der Waals surface area contributed by atoms with Crippen LogP contribution in [0.25, 0.3) is 0 Å².